The van der Waals surface area contributed by atoms with Crippen molar-refractivity contribution in [1.29, 1.82) is 0 Å². The number of nitrogens with zero attached hydrogens (tertiary/aromatic N) is 3. The summed E-state index contributed by atoms with van der Waals surface area (Å²) in [7, 11) is -2.04. The predicted molar refractivity (Wildman–Crippen MR) is 129 cm³/mol. The van der Waals surface area contributed by atoms with E-state index in [1.54, 1.807) is 18.2 Å². The minimum atomic E-state index is -3.58. The molecular weight excluding hydrogens is 510 g/mol. The van der Waals surface area contributed by atoms with Gasteiger partial charge >= 0.3 is 0 Å². The summed E-state index contributed by atoms with van der Waals surface area (Å²) >= 11 is 2.79. The summed E-state index contributed by atoms with van der Waals surface area (Å²) in [5, 5.41) is 6.20. The van der Waals surface area contributed by atoms with Gasteiger partial charge in [0.05, 0.1) is 34.0 Å². The molecule has 0 atom stereocenters. The zero-order chi connectivity index (χ0) is 21.2. The van der Waals surface area contributed by atoms with Gasteiger partial charge in [-0.2, -0.15) is 4.31 Å². The molecule has 0 aliphatic carbocycles. The summed E-state index contributed by atoms with van der Waals surface area (Å²) in [6.07, 6.45) is 0. The van der Waals surface area contributed by atoms with Crippen LogP contribution in [0.2, 0.25) is 0 Å². The number of sulfonamides is 1. The Hall–Kier alpha value is -1.73. The molecule has 0 bridgehead atoms. The molecule has 0 saturated heterocycles. The molecule has 0 saturated carbocycles. The average molecular weight is 535 g/mol. The van der Waals surface area contributed by atoms with Crippen LogP contribution in [0.5, 0.6) is 5.75 Å². The van der Waals surface area contributed by atoms with Crippen LogP contribution >= 0.6 is 39.7 Å². The number of halogens is 1. The first-order valence-corrected chi connectivity index (χ1v) is 12.1. The van der Waals surface area contributed by atoms with Crippen LogP contribution in [0.4, 0.5) is 16.0 Å². The summed E-state index contributed by atoms with van der Waals surface area (Å²) in [5.41, 5.74) is 7.91. The molecule has 3 N–H and O–H groups in total. The van der Waals surface area contributed by atoms with E-state index in [1.165, 1.54) is 34.1 Å². The van der Waals surface area contributed by atoms with Crippen LogP contribution in [0.25, 0.3) is 10.6 Å². The first-order chi connectivity index (χ1) is 13.8. The van der Waals surface area contributed by atoms with E-state index >= 15 is 0 Å². The fourth-order valence-electron chi connectivity index (χ4n) is 2.86. The molecule has 0 aliphatic heterocycles. The minimum absolute atomic E-state index is 0. The summed E-state index contributed by atoms with van der Waals surface area (Å²) in [5.74, 6) is 0.526. The normalized spacial score (nSPS) is 11.4. The van der Waals surface area contributed by atoms with E-state index in [0.717, 1.165) is 16.3 Å². The number of ether oxygens (including phenoxy) is 1. The van der Waals surface area contributed by atoms with Gasteiger partial charge in [0.2, 0.25) is 10.0 Å². The maximum Gasteiger partial charge on any atom is 0.243 e. The third-order valence-electron chi connectivity index (χ3n) is 4.31. The zero-order valence-corrected chi connectivity index (χ0v) is 21.2. The highest BCUT2D eigenvalue weighted by Crippen LogP contribution is 2.36. The first-order valence-electron chi connectivity index (χ1n) is 8.94. The number of methoxy groups -OCH3 is 1. The molecule has 2 aromatic heterocycles. The standard InChI is InChI=1S/C18H23N5O3S3.BrH/c1-5-23(6-2)29(24,25)12-7-8-15(26-4)13(9-12)21-18-22-14(10-27-18)16-11(3)20-17(19)28-16;/h7-10H,5-6H2,1-4H3,(H2,19,20)(H,21,22);1H. The van der Waals surface area contributed by atoms with Crippen LogP contribution < -0.4 is 15.8 Å². The Labute approximate surface area is 194 Å². The number of anilines is 3. The number of aromatic nitrogens is 2. The smallest absolute Gasteiger partial charge is 0.243 e. The molecule has 0 amide bonds. The highest BCUT2D eigenvalue weighted by Gasteiger charge is 2.23. The van der Waals surface area contributed by atoms with Crippen molar-refractivity contribution in [3.63, 3.8) is 0 Å². The summed E-state index contributed by atoms with van der Waals surface area (Å²) in [4.78, 5) is 9.93. The van der Waals surface area contributed by atoms with Crippen molar-refractivity contribution in [3.8, 4) is 16.3 Å². The first kappa shape index (κ1) is 24.5. The van der Waals surface area contributed by atoms with E-state index in [-0.39, 0.29) is 21.9 Å². The summed E-state index contributed by atoms with van der Waals surface area (Å²) in [6, 6.07) is 4.76. The lowest BCUT2D eigenvalue weighted by molar-refractivity contribution is 0.416. The van der Waals surface area contributed by atoms with Crippen LogP contribution in [0.15, 0.2) is 28.5 Å². The molecule has 30 heavy (non-hydrogen) atoms. The number of hydrogen-bond acceptors (Lipinski definition) is 9. The van der Waals surface area contributed by atoms with Crippen LogP contribution in [0.3, 0.4) is 0 Å². The Kier molecular flexibility index (Phi) is 8.22. The Morgan fingerprint density at radius 2 is 1.93 bits per heavy atom. The highest BCUT2D eigenvalue weighted by molar-refractivity contribution is 8.93. The van der Waals surface area contributed by atoms with E-state index in [4.69, 9.17) is 10.5 Å². The second-order valence-electron chi connectivity index (χ2n) is 6.08. The molecule has 0 aliphatic rings. The van der Waals surface area contributed by atoms with E-state index in [0.29, 0.717) is 34.8 Å². The Morgan fingerprint density at radius 3 is 2.50 bits per heavy atom. The summed E-state index contributed by atoms with van der Waals surface area (Å²) < 4.78 is 32.5. The number of nitrogens with one attached hydrogen (secondary N) is 1. The lowest BCUT2D eigenvalue weighted by Crippen LogP contribution is -2.30. The fraction of sp³-hybridized carbons (Fsp3) is 0.333. The fourth-order valence-corrected chi connectivity index (χ4v) is 5.93. The average Bonchev–Trinajstić information content (AvgIpc) is 3.28. The molecule has 3 rings (SSSR count). The Bertz CT molecular complexity index is 1110. The van der Waals surface area contributed by atoms with Crippen molar-refractivity contribution in [2.75, 3.05) is 31.2 Å². The van der Waals surface area contributed by atoms with E-state index in [9.17, 15) is 8.42 Å². The minimum Gasteiger partial charge on any atom is -0.495 e. The summed E-state index contributed by atoms with van der Waals surface area (Å²) in [6.45, 7) is 6.32. The second-order valence-corrected chi connectivity index (χ2v) is 9.91. The van der Waals surface area contributed by atoms with Gasteiger partial charge in [-0.3, -0.25) is 0 Å². The number of rotatable bonds is 8. The molecule has 12 heteroatoms. The van der Waals surface area contributed by atoms with Crippen LogP contribution in [-0.2, 0) is 10.0 Å². The van der Waals surface area contributed by atoms with Gasteiger partial charge in [0.1, 0.15) is 5.75 Å². The van der Waals surface area contributed by atoms with Gasteiger partial charge in [-0.15, -0.1) is 28.3 Å². The lowest BCUT2D eigenvalue weighted by atomic mass is 10.3. The SMILES string of the molecule is Br.CCN(CC)S(=O)(=O)c1ccc(OC)c(Nc2nc(-c3sc(N)nc3C)cs2)c1. The van der Waals surface area contributed by atoms with Gasteiger partial charge in [0.25, 0.3) is 0 Å². The molecule has 0 unspecified atom stereocenters. The third kappa shape index (κ3) is 4.94. The molecular formula is C18H24BrN5O3S3. The van der Waals surface area contributed by atoms with Crippen molar-refractivity contribution in [2.45, 2.75) is 25.7 Å². The number of hydrogen-bond donors (Lipinski definition) is 2. The molecule has 2 heterocycles. The number of nitrogens with two attached hydrogens (primary N) is 1. The Balaban J connectivity index is 0.00000320. The van der Waals surface area contributed by atoms with E-state index in [1.807, 2.05) is 26.2 Å². The molecule has 0 fully saturated rings. The number of aryl methyl sites for hydroxylation is 1. The quantitative estimate of drug-likeness (QED) is 0.437. The molecule has 8 nitrogen and oxygen atoms in total. The topological polar surface area (TPSA) is 110 Å². The number of nitrogen functional groups attached to an aromatic ring is 1. The van der Waals surface area contributed by atoms with Gasteiger partial charge in [-0.25, -0.2) is 18.4 Å². The van der Waals surface area contributed by atoms with Crippen molar-refractivity contribution in [2.24, 2.45) is 0 Å². The maximum atomic E-state index is 12.9. The van der Waals surface area contributed by atoms with Crippen LogP contribution in [0, 0.1) is 6.92 Å². The van der Waals surface area contributed by atoms with Gasteiger partial charge in [-0.05, 0) is 25.1 Å². The monoisotopic (exact) mass is 533 g/mol. The number of thiazole rings is 2. The van der Waals surface area contributed by atoms with Crippen molar-refractivity contribution in [3.05, 3.63) is 29.3 Å². The van der Waals surface area contributed by atoms with E-state index < -0.39 is 10.0 Å². The molecule has 0 spiro atoms. The van der Waals surface area contributed by atoms with Crippen molar-refractivity contribution in [1.82, 2.24) is 14.3 Å². The number of benzene rings is 1. The van der Waals surface area contributed by atoms with Crippen molar-refractivity contribution >= 4 is 65.6 Å². The van der Waals surface area contributed by atoms with Crippen molar-refractivity contribution < 1.29 is 13.2 Å². The second kappa shape index (κ2) is 10.1. The van der Waals surface area contributed by atoms with Crippen LogP contribution in [0.1, 0.15) is 19.5 Å². The van der Waals surface area contributed by atoms with Gasteiger partial charge in [-0.1, -0.05) is 25.2 Å². The lowest BCUT2D eigenvalue weighted by Gasteiger charge is -2.19. The van der Waals surface area contributed by atoms with Crippen LogP contribution in [-0.4, -0.2) is 42.9 Å². The van der Waals surface area contributed by atoms with Gasteiger partial charge in [0.15, 0.2) is 10.3 Å². The molecule has 164 valence electrons. The zero-order valence-electron chi connectivity index (χ0n) is 17.0. The maximum absolute atomic E-state index is 12.9. The molecule has 1 aromatic carbocycles. The predicted octanol–water partition coefficient (Wildman–Crippen LogP) is 4.52. The highest BCUT2D eigenvalue weighted by atomic mass is 79.9. The van der Waals surface area contributed by atoms with Gasteiger partial charge < -0.3 is 15.8 Å². The van der Waals surface area contributed by atoms with Gasteiger partial charge in [0, 0.05) is 18.5 Å². The molecule has 3 aromatic rings. The molecule has 0 radical (unpaired) electrons. The largest absolute Gasteiger partial charge is 0.495 e. The van der Waals surface area contributed by atoms with E-state index in [2.05, 4.69) is 15.3 Å². The third-order valence-corrected chi connectivity index (χ3v) is 8.12. The Morgan fingerprint density at radius 1 is 1.23 bits per heavy atom.